The van der Waals surface area contributed by atoms with E-state index in [-0.39, 0.29) is 21.2 Å². The van der Waals surface area contributed by atoms with Gasteiger partial charge in [0.05, 0.1) is 12.0 Å². The highest BCUT2D eigenvalue weighted by Crippen LogP contribution is 2.42. The van der Waals surface area contributed by atoms with Crippen LogP contribution in [-0.2, 0) is 10.0 Å². The lowest BCUT2D eigenvalue weighted by atomic mass is 10.1. The van der Waals surface area contributed by atoms with E-state index in [0.29, 0.717) is 17.8 Å². The molecule has 1 aliphatic rings. The Kier molecular flexibility index (Phi) is 4.09. The number of nitro groups is 1. The number of sulfonamides is 1. The van der Waals surface area contributed by atoms with Crippen LogP contribution in [0.15, 0.2) is 40.6 Å². The van der Waals surface area contributed by atoms with Gasteiger partial charge in [0.25, 0.3) is 10.0 Å². The van der Waals surface area contributed by atoms with Gasteiger partial charge in [-0.1, -0.05) is 12.1 Å². The number of nitrogens with zero attached hydrogens (tertiary/aromatic N) is 1. The largest absolute Gasteiger partial charge is 0.497 e. The van der Waals surface area contributed by atoms with Crippen molar-refractivity contribution in [1.29, 1.82) is 0 Å². The summed E-state index contributed by atoms with van der Waals surface area (Å²) in [4.78, 5) is 10.1. The van der Waals surface area contributed by atoms with Gasteiger partial charge < -0.3 is 4.74 Å². The number of methoxy groups -OCH3 is 1. The van der Waals surface area contributed by atoms with Crippen molar-refractivity contribution in [2.75, 3.05) is 7.11 Å². The number of rotatable bonds is 6. The summed E-state index contributed by atoms with van der Waals surface area (Å²) in [6, 6.07) is 9.77. The first-order valence-corrected chi connectivity index (χ1v) is 9.11. The van der Waals surface area contributed by atoms with E-state index in [2.05, 4.69) is 4.72 Å². The topological polar surface area (TPSA) is 98.5 Å². The predicted molar refractivity (Wildman–Crippen MR) is 85.4 cm³/mol. The third kappa shape index (κ3) is 3.36. The molecule has 0 radical (unpaired) electrons. The summed E-state index contributed by atoms with van der Waals surface area (Å²) in [7, 11) is -2.14. The quantitative estimate of drug-likeness (QED) is 0.635. The predicted octanol–water partition coefficient (Wildman–Crippen LogP) is 2.50. The van der Waals surface area contributed by atoms with Crippen molar-refractivity contribution < 1.29 is 18.1 Å². The highest BCUT2D eigenvalue weighted by atomic mass is 32.2. The van der Waals surface area contributed by atoms with Crippen LogP contribution >= 0.6 is 11.3 Å². The van der Waals surface area contributed by atoms with Crippen LogP contribution in [0.1, 0.15) is 17.9 Å². The van der Waals surface area contributed by atoms with Gasteiger partial charge in [-0.15, -0.1) is 0 Å². The van der Waals surface area contributed by atoms with Crippen molar-refractivity contribution >= 4 is 26.4 Å². The first-order valence-electron chi connectivity index (χ1n) is 6.81. The van der Waals surface area contributed by atoms with E-state index in [1.165, 1.54) is 12.1 Å². The summed E-state index contributed by atoms with van der Waals surface area (Å²) in [6.07, 6.45) is 0.707. The van der Waals surface area contributed by atoms with Gasteiger partial charge >= 0.3 is 5.00 Å². The number of benzene rings is 1. The van der Waals surface area contributed by atoms with Crippen LogP contribution in [0, 0.1) is 10.1 Å². The van der Waals surface area contributed by atoms with Crippen molar-refractivity contribution in [3.8, 4) is 5.75 Å². The average molecular weight is 354 g/mol. The second-order valence-corrected chi connectivity index (χ2v) is 8.20. The molecule has 0 aliphatic heterocycles. The second kappa shape index (κ2) is 5.91. The van der Waals surface area contributed by atoms with E-state index in [1.807, 2.05) is 24.3 Å². The van der Waals surface area contributed by atoms with Crippen molar-refractivity contribution in [3.63, 3.8) is 0 Å². The number of thiophene rings is 1. The first-order chi connectivity index (χ1) is 10.9. The fraction of sp³-hybridized carbons (Fsp3) is 0.286. The summed E-state index contributed by atoms with van der Waals surface area (Å²) >= 11 is 0.654. The van der Waals surface area contributed by atoms with E-state index >= 15 is 0 Å². The van der Waals surface area contributed by atoms with Crippen LogP contribution < -0.4 is 9.46 Å². The SMILES string of the molecule is COc1ccc([C@@H]2C[C@H]2NS(=O)(=O)c2ccc([N+](=O)[O-])s2)cc1. The number of hydrogen-bond donors (Lipinski definition) is 1. The monoisotopic (exact) mass is 354 g/mol. The molecule has 0 saturated heterocycles. The first kappa shape index (κ1) is 15.9. The zero-order valence-electron chi connectivity index (χ0n) is 12.1. The van der Waals surface area contributed by atoms with Gasteiger partial charge in [0.15, 0.2) is 0 Å². The maximum Gasteiger partial charge on any atom is 0.325 e. The van der Waals surface area contributed by atoms with Crippen LogP contribution in [0.3, 0.4) is 0 Å². The second-order valence-electron chi connectivity index (χ2n) is 5.19. The molecule has 0 unspecified atom stereocenters. The molecular formula is C14H14N2O5S2. The molecule has 0 bridgehead atoms. The van der Waals surface area contributed by atoms with Gasteiger partial charge in [-0.3, -0.25) is 10.1 Å². The number of ether oxygens (including phenoxy) is 1. The van der Waals surface area contributed by atoms with E-state index in [0.717, 1.165) is 11.3 Å². The molecule has 0 spiro atoms. The lowest BCUT2D eigenvalue weighted by Crippen LogP contribution is -2.26. The molecule has 2 atom stereocenters. The standard InChI is InChI=1S/C14H14N2O5S2/c1-21-10-4-2-9(3-5-10)11-8-12(11)15-23(19,20)14-7-6-13(22-14)16(17)18/h2-7,11-12,15H,8H2,1H3/t11-,12+/m0/s1. The molecule has 0 amide bonds. The van der Waals surface area contributed by atoms with Gasteiger partial charge in [-0.25, -0.2) is 13.1 Å². The summed E-state index contributed by atoms with van der Waals surface area (Å²) in [5.41, 5.74) is 1.04. The molecule has 2 aromatic rings. The Labute approximate surface area is 137 Å². The van der Waals surface area contributed by atoms with E-state index in [1.54, 1.807) is 7.11 Å². The lowest BCUT2D eigenvalue weighted by Gasteiger charge is -2.05. The van der Waals surface area contributed by atoms with Gasteiger partial charge in [0, 0.05) is 18.0 Å². The molecule has 122 valence electrons. The number of nitrogens with one attached hydrogen (secondary N) is 1. The van der Waals surface area contributed by atoms with Crippen LogP contribution in [-0.4, -0.2) is 26.5 Å². The summed E-state index contributed by atoms with van der Waals surface area (Å²) in [5.74, 6) is 0.864. The maximum atomic E-state index is 12.3. The highest BCUT2D eigenvalue weighted by Gasteiger charge is 2.41. The summed E-state index contributed by atoms with van der Waals surface area (Å²) in [6.45, 7) is 0. The highest BCUT2D eigenvalue weighted by molar-refractivity contribution is 7.91. The molecule has 1 aliphatic carbocycles. The minimum absolute atomic E-state index is 0.0374. The molecule has 1 heterocycles. The van der Waals surface area contributed by atoms with E-state index in [9.17, 15) is 18.5 Å². The zero-order chi connectivity index (χ0) is 16.6. The molecule has 1 aromatic carbocycles. The van der Waals surface area contributed by atoms with Crippen LogP contribution in [0.4, 0.5) is 5.00 Å². The Morgan fingerprint density at radius 2 is 1.96 bits per heavy atom. The van der Waals surface area contributed by atoms with E-state index < -0.39 is 14.9 Å². The molecule has 1 fully saturated rings. The Balaban J connectivity index is 1.68. The molecule has 3 rings (SSSR count). The molecule has 1 N–H and O–H groups in total. The van der Waals surface area contributed by atoms with Crippen LogP contribution in [0.5, 0.6) is 5.75 Å². The van der Waals surface area contributed by atoms with Crippen LogP contribution in [0.2, 0.25) is 0 Å². The zero-order valence-corrected chi connectivity index (χ0v) is 13.8. The number of hydrogen-bond acceptors (Lipinski definition) is 6. The Morgan fingerprint density at radius 1 is 1.26 bits per heavy atom. The third-order valence-electron chi connectivity index (χ3n) is 3.65. The summed E-state index contributed by atoms with van der Waals surface area (Å²) in [5, 5.41) is 10.5. The smallest absolute Gasteiger partial charge is 0.325 e. The van der Waals surface area contributed by atoms with Crippen molar-refractivity contribution in [2.24, 2.45) is 0 Å². The van der Waals surface area contributed by atoms with Crippen molar-refractivity contribution in [1.82, 2.24) is 4.72 Å². The molecule has 7 nitrogen and oxygen atoms in total. The molecule has 23 heavy (non-hydrogen) atoms. The fourth-order valence-electron chi connectivity index (χ4n) is 2.36. The van der Waals surface area contributed by atoms with Gasteiger partial charge in [0.2, 0.25) is 0 Å². The molecule has 1 aromatic heterocycles. The van der Waals surface area contributed by atoms with Gasteiger partial charge in [0.1, 0.15) is 9.96 Å². The minimum atomic E-state index is -3.72. The van der Waals surface area contributed by atoms with Crippen molar-refractivity contribution in [3.05, 3.63) is 52.1 Å². The molecule has 1 saturated carbocycles. The third-order valence-corrected chi connectivity index (χ3v) is 6.67. The normalized spacial score (nSPS) is 20.2. The molecule has 9 heteroatoms. The fourth-order valence-corrected chi connectivity index (χ4v) is 4.77. The van der Waals surface area contributed by atoms with Crippen LogP contribution in [0.25, 0.3) is 0 Å². The minimum Gasteiger partial charge on any atom is -0.497 e. The van der Waals surface area contributed by atoms with Gasteiger partial charge in [-0.2, -0.15) is 0 Å². The summed E-state index contributed by atoms with van der Waals surface area (Å²) < 4.78 is 32.2. The lowest BCUT2D eigenvalue weighted by molar-refractivity contribution is -0.380. The van der Waals surface area contributed by atoms with Gasteiger partial charge in [-0.05, 0) is 41.5 Å². The average Bonchev–Trinajstić information content (AvgIpc) is 3.07. The Bertz CT molecular complexity index is 829. The maximum absolute atomic E-state index is 12.3. The Hall–Kier alpha value is -1.97. The molecular weight excluding hydrogens is 340 g/mol. The van der Waals surface area contributed by atoms with Crippen molar-refractivity contribution in [2.45, 2.75) is 22.6 Å². The Morgan fingerprint density at radius 3 is 2.52 bits per heavy atom. The van der Waals surface area contributed by atoms with E-state index in [4.69, 9.17) is 4.74 Å².